The van der Waals surface area contributed by atoms with Crippen LogP contribution < -0.4 is 37.9 Å². The van der Waals surface area contributed by atoms with Gasteiger partial charge in [-0.1, -0.05) is 60.1 Å². The molecule has 4 fully saturated rings. The van der Waals surface area contributed by atoms with Crippen LogP contribution in [0.1, 0.15) is 143 Å². The highest BCUT2D eigenvalue weighted by Crippen LogP contribution is 2.53. The SMILES string of the molecule is COc1cc(OC)c(C(=O)N2CCC3(CC2)Oc2ccccc2-n2cccc23)cc1CO.COc1ccc(F)c(C(=O)N2CCC3(CC2)Oc2cc(Cl)ccc2-n2cccc23)c1.COc1ccc(F)cc1C(=O)N1CCC2(CC1)Oc1ccccc1-c1c2cnn1C.Cn1ncc2c1-c1ccccc1OC21CCN(C(=O)c2ccc(CC(C)(C)O)cc2)CC1.[HH].[HH]. The molecular formula is C97H101ClF2N10O14. The number of likely N-dealkylation sites (tertiary alicyclic amines) is 4. The molecule has 0 bridgehead atoms. The third-order valence-corrected chi connectivity index (χ3v) is 25.4. The number of aliphatic hydroxyl groups is 2. The molecule has 0 atom stereocenters. The third kappa shape index (κ3) is 15.6. The monoisotopic (exact) mass is 1700 g/mol. The van der Waals surface area contributed by atoms with Gasteiger partial charge in [-0.15, -0.1) is 0 Å². The molecule has 12 aromatic rings. The number of carbonyl (C=O) groups is 4. The molecule has 4 aromatic heterocycles. The molecule has 0 radical (unpaired) electrons. The molecule has 4 spiro atoms. The topological polar surface area (TPSA) is 241 Å². The van der Waals surface area contributed by atoms with Gasteiger partial charge in [0, 0.05) is 190 Å². The molecule has 27 heteroatoms. The fourth-order valence-corrected chi connectivity index (χ4v) is 18.9. The maximum Gasteiger partial charge on any atom is 0.257 e. The molecule has 644 valence electrons. The largest absolute Gasteiger partial charge is 0.497 e. The second-order valence-electron chi connectivity index (χ2n) is 33.1. The van der Waals surface area contributed by atoms with Gasteiger partial charge >= 0.3 is 0 Å². The first-order valence-electron chi connectivity index (χ1n) is 41.6. The van der Waals surface area contributed by atoms with Gasteiger partial charge in [-0.3, -0.25) is 28.5 Å². The van der Waals surface area contributed by atoms with Crippen LogP contribution in [0.15, 0.2) is 213 Å². The molecule has 12 heterocycles. The summed E-state index contributed by atoms with van der Waals surface area (Å²) in [4.78, 5) is 59.7. The number of rotatable bonds is 11. The number of amides is 4. The molecule has 8 aliphatic heterocycles. The number of hydrogen-bond acceptors (Lipinski definition) is 16. The van der Waals surface area contributed by atoms with Gasteiger partial charge in [0.25, 0.3) is 23.6 Å². The number of para-hydroxylation sites is 4. The van der Waals surface area contributed by atoms with Crippen LogP contribution in [0.5, 0.6) is 46.0 Å². The highest BCUT2D eigenvalue weighted by molar-refractivity contribution is 6.30. The molecule has 0 unspecified atom stereocenters. The molecule has 20 rings (SSSR count). The minimum Gasteiger partial charge on any atom is -0.497 e. The molecule has 8 aliphatic rings. The standard InChI is InChI=1S/C26H29N3O3.C25H26N2O5.C23H20ClFN2O3.C23H22FN3O3.2H2/c1-25(2,31)16-18-8-10-19(11-9-18)24(30)29-14-12-26(13-15-29)21-17-27-28(3)23(21)20-6-4-5-7-22(20)32-26;1-30-21-15-22(31-2)18(14-17(21)16-28)24(29)26-12-9-25(10-13-26)23-8-5-11-27(23)19-6-3-4-7-20(19)32-25;1-29-16-5-6-18(25)17(14-16)22(28)26-11-8-23(9-12-26)21-3-2-10-27(21)19-7-4-15(24)13-20(19)30-23;1-26-21-16-5-3-4-6-20(16)30-23(18(21)14-25-26)9-11-27(12-10-23)22(28)17-13-15(24)7-8-19(17)29-2;;/h4-11,17,31H,12-16H2,1-3H3;3-8,11,14-15,28H,9-10,12-13,16H2,1-2H3;2-7,10,13-14H,8-9,11-12H2,1H3;3-8,13-14H,9-12H2,1-2H3;2*1H. The van der Waals surface area contributed by atoms with Crippen LogP contribution in [0.25, 0.3) is 33.9 Å². The lowest BCUT2D eigenvalue weighted by molar-refractivity contribution is -0.00987. The first kappa shape index (κ1) is 83.4. The van der Waals surface area contributed by atoms with Crippen molar-refractivity contribution in [3.8, 4) is 79.9 Å². The zero-order valence-corrected chi connectivity index (χ0v) is 71.1. The normalized spacial score (nSPS) is 16.6. The van der Waals surface area contributed by atoms with Crippen LogP contribution in [0.2, 0.25) is 5.02 Å². The van der Waals surface area contributed by atoms with Crippen molar-refractivity contribution in [1.82, 2.24) is 48.3 Å². The van der Waals surface area contributed by atoms with Crippen molar-refractivity contribution in [2.75, 3.05) is 80.8 Å². The predicted molar refractivity (Wildman–Crippen MR) is 466 cm³/mol. The zero-order valence-electron chi connectivity index (χ0n) is 70.3. The van der Waals surface area contributed by atoms with Crippen molar-refractivity contribution >= 4 is 35.2 Å². The van der Waals surface area contributed by atoms with Gasteiger partial charge in [0.1, 0.15) is 68.8 Å². The number of fused-ring (bicyclic) bond motifs is 16. The Morgan fingerprint density at radius 1 is 0.468 bits per heavy atom. The second kappa shape index (κ2) is 33.7. The minimum atomic E-state index is -0.767. The van der Waals surface area contributed by atoms with E-state index < -0.39 is 39.6 Å². The molecular weight excluding hydrogens is 1600 g/mol. The number of methoxy groups -OCH3 is 4. The Morgan fingerprint density at radius 3 is 1.44 bits per heavy atom. The Hall–Kier alpha value is -12.9. The molecule has 0 aliphatic carbocycles. The summed E-state index contributed by atoms with van der Waals surface area (Å²) in [5.41, 5.74) is 10.8. The second-order valence-corrected chi connectivity index (χ2v) is 33.5. The Labute approximate surface area is 725 Å². The van der Waals surface area contributed by atoms with E-state index in [9.17, 15) is 38.2 Å². The number of aliphatic hydroxyl groups excluding tert-OH is 1. The van der Waals surface area contributed by atoms with Crippen molar-refractivity contribution in [2.45, 2.75) is 106 Å². The summed E-state index contributed by atoms with van der Waals surface area (Å²) in [5.74, 6) is 3.39. The summed E-state index contributed by atoms with van der Waals surface area (Å²) >= 11 is 6.19. The molecule has 0 saturated carbocycles. The molecule has 4 saturated heterocycles. The van der Waals surface area contributed by atoms with Crippen molar-refractivity contribution < 1.29 is 78.9 Å². The smallest absolute Gasteiger partial charge is 0.257 e. The molecule has 124 heavy (non-hydrogen) atoms. The van der Waals surface area contributed by atoms with Crippen LogP contribution in [-0.4, -0.2) is 169 Å². The molecule has 24 nitrogen and oxygen atoms in total. The van der Waals surface area contributed by atoms with Crippen molar-refractivity contribution in [1.29, 1.82) is 0 Å². The van der Waals surface area contributed by atoms with Gasteiger partial charge in [-0.05, 0) is 147 Å². The maximum atomic E-state index is 14.3. The highest BCUT2D eigenvalue weighted by Gasteiger charge is 2.51. The van der Waals surface area contributed by atoms with Crippen LogP contribution >= 0.6 is 11.6 Å². The van der Waals surface area contributed by atoms with E-state index in [0.717, 1.165) is 97.8 Å². The number of carbonyl (C=O) groups excluding carboxylic acids is 4. The van der Waals surface area contributed by atoms with Crippen LogP contribution in [0, 0.1) is 11.6 Å². The first-order valence-corrected chi connectivity index (χ1v) is 42.0. The van der Waals surface area contributed by atoms with Gasteiger partial charge in [0.15, 0.2) is 11.2 Å². The van der Waals surface area contributed by atoms with E-state index >= 15 is 0 Å². The summed E-state index contributed by atoms with van der Waals surface area (Å²) in [7, 11) is 9.92. The third-order valence-electron chi connectivity index (χ3n) is 25.2. The lowest BCUT2D eigenvalue weighted by Crippen LogP contribution is -2.50. The number of benzene rings is 8. The van der Waals surface area contributed by atoms with E-state index in [1.807, 2.05) is 167 Å². The quantitative estimate of drug-likeness (QED) is 0.122. The Bertz CT molecular complexity index is 6050. The van der Waals surface area contributed by atoms with Gasteiger partial charge in [0.2, 0.25) is 0 Å². The van der Waals surface area contributed by atoms with Crippen molar-refractivity contribution in [3.63, 3.8) is 0 Å². The lowest BCUT2D eigenvalue weighted by Gasteiger charge is -2.45. The number of aromatic nitrogens is 6. The number of piperidine rings is 4. The number of halogens is 3. The molecule has 8 aromatic carbocycles. The van der Waals surface area contributed by atoms with E-state index in [0.29, 0.717) is 142 Å². The predicted octanol–water partition coefficient (Wildman–Crippen LogP) is 16.5. The van der Waals surface area contributed by atoms with E-state index in [-0.39, 0.29) is 44.2 Å². The Morgan fingerprint density at radius 2 is 0.927 bits per heavy atom. The summed E-state index contributed by atoms with van der Waals surface area (Å²) in [5, 5.41) is 29.3. The molecule has 4 amide bonds. The van der Waals surface area contributed by atoms with Crippen LogP contribution in [-0.2, 0) is 49.5 Å². The number of aryl methyl sites for hydroxylation is 2. The average molecular weight is 1700 g/mol. The first-order chi connectivity index (χ1) is 59.9. The number of hydrogen-bond donors (Lipinski definition) is 2. The molecule has 2 N–H and O–H groups in total. The zero-order chi connectivity index (χ0) is 86.6. The van der Waals surface area contributed by atoms with E-state index in [4.69, 9.17) is 49.5 Å². The fraction of sp³-hybridized carbons (Fsp3) is 0.320. The summed E-state index contributed by atoms with van der Waals surface area (Å²) < 4.78 is 83.4. The van der Waals surface area contributed by atoms with E-state index in [2.05, 4.69) is 49.8 Å². The van der Waals surface area contributed by atoms with E-state index in [1.54, 1.807) is 35.8 Å². The van der Waals surface area contributed by atoms with Crippen LogP contribution in [0.4, 0.5) is 8.78 Å². The van der Waals surface area contributed by atoms with Gasteiger partial charge in [-0.25, -0.2) is 8.78 Å². The lowest BCUT2D eigenvalue weighted by atomic mass is 9.81. The fourth-order valence-electron chi connectivity index (χ4n) is 18.8. The summed E-state index contributed by atoms with van der Waals surface area (Å²) in [6, 6.07) is 57.0. The van der Waals surface area contributed by atoms with Crippen LogP contribution in [0.3, 0.4) is 0 Å². The summed E-state index contributed by atoms with van der Waals surface area (Å²) in [6.07, 6.45) is 13.7. The van der Waals surface area contributed by atoms with Gasteiger partial charge < -0.3 is 76.8 Å². The summed E-state index contributed by atoms with van der Waals surface area (Å²) in [6.45, 7) is 7.61. The number of ether oxygens (including phenoxy) is 8. The average Bonchev–Trinajstić information content (AvgIpc) is 1.51. The Balaban J connectivity index is 0.000000129. The Kier molecular flexibility index (Phi) is 22.7. The van der Waals surface area contributed by atoms with E-state index in [1.165, 1.54) is 64.8 Å². The highest BCUT2D eigenvalue weighted by atomic mass is 35.5. The van der Waals surface area contributed by atoms with Gasteiger partial charge in [0.05, 0.1) is 104 Å². The number of nitrogens with zero attached hydrogens (tertiary/aromatic N) is 10. The minimum absolute atomic E-state index is 0. The van der Waals surface area contributed by atoms with Crippen molar-refractivity contribution in [2.24, 2.45) is 14.1 Å². The van der Waals surface area contributed by atoms with Crippen molar-refractivity contribution in [3.05, 3.63) is 285 Å². The van der Waals surface area contributed by atoms with Gasteiger partial charge in [-0.2, -0.15) is 10.2 Å². The maximum absolute atomic E-state index is 14.3.